The molecule has 0 saturated heterocycles. The van der Waals surface area contributed by atoms with E-state index in [2.05, 4.69) is 0 Å². The van der Waals surface area contributed by atoms with Crippen LogP contribution in [0.5, 0.6) is 11.5 Å². The monoisotopic (exact) mass is 404 g/mol. The molecule has 0 spiro atoms. The first-order chi connectivity index (χ1) is 14.5. The second-order valence-electron chi connectivity index (χ2n) is 6.88. The average Bonchev–Trinajstić information content (AvgIpc) is 2.72. The highest BCUT2D eigenvalue weighted by Gasteiger charge is 2.22. The number of ether oxygens (including phenoxy) is 2. The molecule has 3 rings (SSSR count). The number of hydrogen-bond acceptors (Lipinski definition) is 4. The van der Waals surface area contributed by atoms with Crippen LogP contribution in [-0.4, -0.2) is 24.2 Å². The third kappa shape index (κ3) is 4.35. The van der Waals surface area contributed by atoms with Crippen LogP contribution in [0.15, 0.2) is 60.7 Å². The van der Waals surface area contributed by atoms with Gasteiger partial charge in [0.1, 0.15) is 0 Å². The predicted molar refractivity (Wildman–Crippen MR) is 117 cm³/mol. The van der Waals surface area contributed by atoms with Crippen molar-refractivity contribution in [3.8, 4) is 11.5 Å². The Morgan fingerprint density at radius 1 is 1.07 bits per heavy atom. The summed E-state index contributed by atoms with van der Waals surface area (Å²) in [5, 5.41) is 11.2. The summed E-state index contributed by atoms with van der Waals surface area (Å²) in [5.41, 5.74) is 2.72. The molecular formula is C25H24O5. The zero-order valence-corrected chi connectivity index (χ0v) is 17.3. The highest BCUT2D eigenvalue weighted by molar-refractivity contribution is 6.20. The van der Waals surface area contributed by atoms with Crippen molar-refractivity contribution in [3.63, 3.8) is 0 Å². The molecule has 5 nitrogen and oxygen atoms in total. The molecule has 0 aliphatic rings. The van der Waals surface area contributed by atoms with E-state index in [1.165, 1.54) is 14.0 Å². The summed E-state index contributed by atoms with van der Waals surface area (Å²) in [5.74, 6) is -0.874. The van der Waals surface area contributed by atoms with Gasteiger partial charge in [0.2, 0.25) is 0 Å². The number of methoxy groups -OCH3 is 1. The van der Waals surface area contributed by atoms with Gasteiger partial charge in [0.15, 0.2) is 11.5 Å². The van der Waals surface area contributed by atoms with Crippen molar-refractivity contribution in [1.82, 2.24) is 0 Å². The Bertz CT molecular complexity index is 1110. The molecule has 0 unspecified atom stereocenters. The number of carboxylic acids is 1. The quantitative estimate of drug-likeness (QED) is 0.331. The number of benzene rings is 3. The summed E-state index contributed by atoms with van der Waals surface area (Å²) in [6.07, 6.45) is 2.84. The second kappa shape index (κ2) is 9.27. The molecule has 0 heterocycles. The van der Waals surface area contributed by atoms with Crippen LogP contribution in [-0.2, 0) is 16.0 Å². The van der Waals surface area contributed by atoms with Gasteiger partial charge < -0.3 is 14.6 Å². The maximum Gasteiger partial charge on any atom is 0.335 e. The molecule has 5 heteroatoms. The van der Waals surface area contributed by atoms with Crippen LogP contribution in [0.4, 0.5) is 0 Å². The number of esters is 1. The van der Waals surface area contributed by atoms with Crippen LogP contribution in [0.3, 0.4) is 0 Å². The van der Waals surface area contributed by atoms with Crippen molar-refractivity contribution in [2.24, 2.45) is 0 Å². The van der Waals surface area contributed by atoms with E-state index in [1.54, 1.807) is 12.1 Å². The maximum atomic E-state index is 12.0. The highest BCUT2D eigenvalue weighted by atomic mass is 16.6. The van der Waals surface area contributed by atoms with Crippen molar-refractivity contribution in [1.29, 1.82) is 0 Å². The molecule has 0 aliphatic carbocycles. The van der Waals surface area contributed by atoms with Crippen LogP contribution in [0.1, 0.15) is 37.0 Å². The van der Waals surface area contributed by atoms with Crippen LogP contribution < -0.4 is 9.47 Å². The number of hydrogen-bond donors (Lipinski definition) is 1. The Labute approximate surface area is 175 Å². The number of allylic oxidation sites excluding steroid dienone is 1. The standard InChI is InChI=1S/C25H24O5/c1-4-9-20(25(27)28)21-15-22(29-3)24(30-16(2)26)23-18(12-8-13-19(21)23)14-17-10-6-5-7-11-17/h5-13,15H,4,14H2,1-3H3,(H,27,28). The first-order valence-corrected chi connectivity index (χ1v) is 9.75. The fraction of sp³-hybridized carbons (Fsp3) is 0.200. The maximum absolute atomic E-state index is 12.0. The Balaban J connectivity index is 2.38. The first-order valence-electron chi connectivity index (χ1n) is 9.75. The van der Waals surface area contributed by atoms with Gasteiger partial charge >= 0.3 is 11.9 Å². The number of fused-ring (bicyclic) bond motifs is 1. The van der Waals surface area contributed by atoms with E-state index >= 15 is 0 Å². The van der Waals surface area contributed by atoms with Gasteiger partial charge in [-0.25, -0.2) is 4.79 Å². The average molecular weight is 404 g/mol. The molecule has 3 aromatic rings. The minimum absolute atomic E-state index is 0.187. The summed E-state index contributed by atoms with van der Waals surface area (Å²) in [4.78, 5) is 23.8. The zero-order chi connectivity index (χ0) is 21.7. The molecule has 0 amide bonds. The molecule has 30 heavy (non-hydrogen) atoms. The van der Waals surface area contributed by atoms with E-state index in [0.29, 0.717) is 40.7 Å². The van der Waals surface area contributed by atoms with E-state index in [4.69, 9.17) is 9.47 Å². The Morgan fingerprint density at radius 2 is 1.80 bits per heavy atom. The van der Waals surface area contributed by atoms with Crippen LogP contribution in [0, 0.1) is 0 Å². The zero-order valence-electron chi connectivity index (χ0n) is 17.3. The van der Waals surface area contributed by atoms with E-state index in [9.17, 15) is 14.7 Å². The third-order valence-electron chi connectivity index (χ3n) is 4.80. The third-order valence-corrected chi connectivity index (χ3v) is 4.80. The van der Waals surface area contributed by atoms with Crippen LogP contribution in [0.25, 0.3) is 16.3 Å². The van der Waals surface area contributed by atoms with Crippen molar-refractivity contribution < 1.29 is 24.2 Å². The van der Waals surface area contributed by atoms with Gasteiger partial charge in [-0.05, 0) is 35.4 Å². The van der Waals surface area contributed by atoms with Gasteiger partial charge in [0.05, 0.1) is 12.7 Å². The smallest absolute Gasteiger partial charge is 0.335 e. The molecule has 0 fully saturated rings. The minimum atomic E-state index is -1.02. The molecule has 0 aliphatic heterocycles. The number of rotatable bonds is 7. The summed E-state index contributed by atoms with van der Waals surface area (Å²) in [6, 6.07) is 17.2. The molecule has 0 saturated carbocycles. The fourth-order valence-corrected chi connectivity index (χ4v) is 3.59. The fourth-order valence-electron chi connectivity index (χ4n) is 3.59. The molecule has 0 bridgehead atoms. The van der Waals surface area contributed by atoms with E-state index in [1.807, 2.05) is 55.5 Å². The largest absolute Gasteiger partial charge is 0.493 e. The molecular weight excluding hydrogens is 380 g/mol. The predicted octanol–water partition coefficient (Wildman–Crippen LogP) is 5.24. The van der Waals surface area contributed by atoms with Gasteiger partial charge in [0, 0.05) is 17.9 Å². The normalized spacial score (nSPS) is 11.4. The lowest BCUT2D eigenvalue weighted by molar-refractivity contribution is -0.132. The van der Waals surface area contributed by atoms with Crippen LogP contribution in [0.2, 0.25) is 0 Å². The summed E-state index contributed by atoms with van der Waals surface area (Å²) in [7, 11) is 1.47. The summed E-state index contributed by atoms with van der Waals surface area (Å²) < 4.78 is 11.1. The van der Waals surface area contributed by atoms with E-state index in [0.717, 1.165) is 11.1 Å². The van der Waals surface area contributed by atoms with Crippen LogP contribution >= 0.6 is 0 Å². The van der Waals surface area contributed by atoms with E-state index in [-0.39, 0.29) is 5.57 Å². The number of carbonyl (C=O) groups excluding carboxylic acids is 1. The molecule has 0 aromatic heterocycles. The number of carbonyl (C=O) groups is 2. The first kappa shape index (κ1) is 21.1. The Hall–Kier alpha value is -3.60. The van der Waals surface area contributed by atoms with Crippen molar-refractivity contribution >= 4 is 28.3 Å². The molecule has 154 valence electrons. The van der Waals surface area contributed by atoms with E-state index < -0.39 is 11.9 Å². The van der Waals surface area contributed by atoms with Gasteiger partial charge in [-0.1, -0.05) is 61.5 Å². The topological polar surface area (TPSA) is 72.8 Å². The molecule has 3 aromatic carbocycles. The van der Waals surface area contributed by atoms with Gasteiger partial charge in [-0.3, -0.25) is 4.79 Å². The summed E-state index contributed by atoms with van der Waals surface area (Å²) in [6.45, 7) is 3.22. The van der Waals surface area contributed by atoms with Crippen molar-refractivity contribution in [2.75, 3.05) is 7.11 Å². The second-order valence-corrected chi connectivity index (χ2v) is 6.88. The lowest BCUT2D eigenvalue weighted by Crippen LogP contribution is -2.07. The van der Waals surface area contributed by atoms with Crippen molar-refractivity contribution in [3.05, 3.63) is 77.4 Å². The van der Waals surface area contributed by atoms with Gasteiger partial charge in [-0.15, -0.1) is 0 Å². The van der Waals surface area contributed by atoms with Gasteiger partial charge in [-0.2, -0.15) is 0 Å². The van der Waals surface area contributed by atoms with Gasteiger partial charge in [0.25, 0.3) is 0 Å². The lowest BCUT2D eigenvalue weighted by atomic mass is 9.91. The number of aliphatic carboxylic acids is 1. The number of carboxylic acid groups (broad SMARTS) is 1. The highest BCUT2D eigenvalue weighted by Crippen LogP contribution is 2.43. The SMILES string of the molecule is CCC=C(C(=O)O)c1cc(OC)c(OC(C)=O)c2c(Cc3ccccc3)cccc12. The molecule has 0 radical (unpaired) electrons. The lowest BCUT2D eigenvalue weighted by Gasteiger charge is -2.18. The molecule has 0 atom stereocenters. The van der Waals surface area contributed by atoms with Crippen molar-refractivity contribution in [2.45, 2.75) is 26.7 Å². The summed E-state index contributed by atoms with van der Waals surface area (Å²) >= 11 is 0. The Morgan fingerprint density at radius 3 is 2.40 bits per heavy atom. The minimum Gasteiger partial charge on any atom is -0.493 e. The Kier molecular flexibility index (Phi) is 6.52. The molecule has 1 N–H and O–H groups in total.